The maximum absolute atomic E-state index is 12.9. The third-order valence-electron chi connectivity index (χ3n) is 5.03. The second-order valence-corrected chi connectivity index (χ2v) is 8.05. The van der Waals surface area contributed by atoms with E-state index in [1.807, 2.05) is 0 Å². The van der Waals surface area contributed by atoms with Gasteiger partial charge in [0.1, 0.15) is 16.7 Å². The topological polar surface area (TPSA) is 72.9 Å². The average molecular weight is 467 g/mol. The molecule has 0 spiro atoms. The molecule has 0 bridgehead atoms. The second kappa shape index (κ2) is 10.6. The Morgan fingerprint density at radius 3 is 2.03 bits per heavy atom. The van der Waals surface area contributed by atoms with Gasteiger partial charge in [-0.05, 0) is 74.2 Å². The first-order valence-corrected chi connectivity index (χ1v) is 10.5. The highest BCUT2D eigenvalue weighted by molar-refractivity contribution is 6.41. The molecule has 5 nitrogen and oxygen atoms in total. The molecule has 0 amide bonds. The summed E-state index contributed by atoms with van der Waals surface area (Å²) in [6, 6.07) is 12.4. The molecule has 164 valence electrons. The quantitative estimate of drug-likeness (QED) is 0.486. The van der Waals surface area contributed by atoms with Crippen LogP contribution in [0.1, 0.15) is 31.7 Å². The lowest BCUT2D eigenvalue weighted by Gasteiger charge is -2.30. The van der Waals surface area contributed by atoms with Gasteiger partial charge in [-0.3, -0.25) is 4.79 Å². The number of benzene rings is 2. The fraction of sp³-hybridized carbons (Fsp3) is 0.273. The van der Waals surface area contributed by atoms with Crippen molar-refractivity contribution in [3.8, 4) is 0 Å². The van der Waals surface area contributed by atoms with Crippen molar-refractivity contribution in [3.63, 3.8) is 0 Å². The van der Waals surface area contributed by atoms with Gasteiger partial charge in [0.25, 0.3) is 5.56 Å². The third kappa shape index (κ3) is 6.42. The maximum Gasteiger partial charge on any atom is 0.287 e. The van der Waals surface area contributed by atoms with E-state index in [1.165, 1.54) is 47.3 Å². The summed E-state index contributed by atoms with van der Waals surface area (Å²) in [6.45, 7) is 0. The highest BCUT2D eigenvalue weighted by Crippen LogP contribution is 2.29. The molecule has 2 aromatic carbocycles. The van der Waals surface area contributed by atoms with Crippen LogP contribution in [0, 0.1) is 11.6 Å². The highest BCUT2D eigenvalue weighted by atomic mass is 35.5. The van der Waals surface area contributed by atoms with E-state index in [-0.39, 0.29) is 33.3 Å². The molecule has 1 fully saturated rings. The van der Waals surface area contributed by atoms with Crippen molar-refractivity contribution in [3.05, 3.63) is 86.8 Å². The van der Waals surface area contributed by atoms with Gasteiger partial charge in [0.05, 0.1) is 17.3 Å². The van der Waals surface area contributed by atoms with Crippen LogP contribution < -0.4 is 16.6 Å². The van der Waals surface area contributed by atoms with Gasteiger partial charge in [-0.15, -0.1) is 0 Å². The predicted octanol–water partition coefficient (Wildman–Crippen LogP) is 5.69. The van der Waals surface area contributed by atoms with Gasteiger partial charge in [-0.25, -0.2) is 13.5 Å². The molecule has 0 saturated heterocycles. The van der Waals surface area contributed by atoms with Crippen LogP contribution >= 0.6 is 23.2 Å². The number of nitrogens with one attached hydrogen (secondary N) is 1. The van der Waals surface area contributed by atoms with Crippen molar-refractivity contribution in [1.82, 2.24) is 9.78 Å². The fourth-order valence-electron chi connectivity index (χ4n) is 3.39. The Balaban J connectivity index is 0.000000287. The summed E-state index contributed by atoms with van der Waals surface area (Å²) in [5.41, 5.74) is 6.41. The summed E-state index contributed by atoms with van der Waals surface area (Å²) in [4.78, 5) is 12.1. The summed E-state index contributed by atoms with van der Waals surface area (Å²) < 4.78 is 26.4. The van der Waals surface area contributed by atoms with Crippen molar-refractivity contribution in [2.75, 3.05) is 11.1 Å². The molecule has 1 aliphatic rings. The molecule has 0 radical (unpaired) electrons. The van der Waals surface area contributed by atoms with Crippen LogP contribution in [0.2, 0.25) is 10.0 Å². The van der Waals surface area contributed by atoms with E-state index >= 15 is 0 Å². The minimum Gasteiger partial charge on any atom is -0.399 e. The Kier molecular flexibility index (Phi) is 7.87. The molecule has 4 rings (SSSR count). The van der Waals surface area contributed by atoms with Crippen LogP contribution in [0.3, 0.4) is 0 Å². The molecule has 0 aliphatic heterocycles. The van der Waals surface area contributed by atoms with Gasteiger partial charge in [0.2, 0.25) is 0 Å². The van der Waals surface area contributed by atoms with Crippen molar-refractivity contribution < 1.29 is 8.78 Å². The minimum absolute atomic E-state index is 0.0215. The summed E-state index contributed by atoms with van der Waals surface area (Å²) in [5, 5.41) is 7.70. The lowest BCUT2D eigenvalue weighted by Crippen LogP contribution is -2.33. The molecule has 31 heavy (non-hydrogen) atoms. The van der Waals surface area contributed by atoms with Crippen molar-refractivity contribution in [2.24, 2.45) is 0 Å². The Hall–Kier alpha value is -2.64. The number of nitrogen functional groups attached to an aromatic ring is 1. The monoisotopic (exact) mass is 466 g/mol. The average Bonchev–Trinajstić information content (AvgIpc) is 2.77. The van der Waals surface area contributed by atoms with Crippen LogP contribution in [0.5, 0.6) is 0 Å². The van der Waals surface area contributed by atoms with Crippen molar-refractivity contribution in [1.29, 1.82) is 0 Å². The molecular formula is C22H22Cl2F2N4O. The number of hydrogen-bond donors (Lipinski definition) is 2. The van der Waals surface area contributed by atoms with Crippen molar-refractivity contribution in [2.45, 2.75) is 37.8 Å². The third-order valence-corrected chi connectivity index (χ3v) is 5.78. The first-order valence-electron chi connectivity index (χ1n) is 9.79. The van der Waals surface area contributed by atoms with Gasteiger partial charge in [-0.1, -0.05) is 23.2 Å². The number of nitrogens with two attached hydrogens (primary N) is 1. The van der Waals surface area contributed by atoms with Gasteiger partial charge >= 0.3 is 0 Å². The van der Waals surface area contributed by atoms with Crippen LogP contribution in [-0.4, -0.2) is 15.8 Å². The zero-order chi connectivity index (χ0) is 22.4. The molecule has 1 aromatic heterocycles. The van der Waals surface area contributed by atoms with E-state index < -0.39 is 0 Å². The largest absolute Gasteiger partial charge is 0.399 e. The SMILES string of the molecule is Nc1ccc(F)cc1.O=c1c(Cl)c(Cl)cnn1C1CCC(Nc2ccc(F)cc2)CC1. The standard InChI is InChI=1S/C16H16Cl2FN3O.C6H6FN/c17-14-9-20-22(16(23)15(14)18)13-7-5-12(6-8-13)21-11-3-1-10(19)2-4-11;7-5-1-3-6(8)4-2-5/h1-4,9,12-13,21H,5-8H2;1-4H,8H2. The Morgan fingerprint density at radius 2 is 1.48 bits per heavy atom. The van der Waals surface area contributed by atoms with Crippen LogP contribution in [-0.2, 0) is 0 Å². The van der Waals surface area contributed by atoms with E-state index in [1.54, 1.807) is 12.1 Å². The fourth-order valence-corrected chi connectivity index (χ4v) is 3.65. The lowest BCUT2D eigenvalue weighted by molar-refractivity contribution is 0.304. The van der Waals surface area contributed by atoms with E-state index in [2.05, 4.69) is 10.4 Å². The summed E-state index contributed by atoms with van der Waals surface area (Å²) >= 11 is 11.7. The van der Waals surface area contributed by atoms with Crippen molar-refractivity contribution >= 4 is 34.6 Å². The van der Waals surface area contributed by atoms with E-state index in [9.17, 15) is 13.6 Å². The second-order valence-electron chi connectivity index (χ2n) is 7.26. The van der Waals surface area contributed by atoms with E-state index in [4.69, 9.17) is 28.9 Å². The number of nitrogens with zero attached hydrogens (tertiary/aromatic N) is 2. The normalized spacial score (nSPS) is 18.1. The molecule has 3 N–H and O–H groups in total. The molecule has 1 aliphatic carbocycles. The number of anilines is 2. The van der Waals surface area contributed by atoms with Crippen LogP contribution in [0.25, 0.3) is 0 Å². The summed E-state index contributed by atoms with van der Waals surface area (Å²) in [5.74, 6) is -0.497. The van der Waals surface area contributed by atoms with Gasteiger partial charge in [-0.2, -0.15) is 5.10 Å². The lowest BCUT2D eigenvalue weighted by atomic mass is 9.91. The molecule has 9 heteroatoms. The zero-order valence-electron chi connectivity index (χ0n) is 16.6. The number of hydrogen-bond acceptors (Lipinski definition) is 4. The molecule has 3 aromatic rings. The number of aromatic nitrogens is 2. The van der Waals surface area contributed by atoms with Crippen LogP contribution in [0.15, 0.2) is 59.5 Å². The van der Waals surface area contributed by atoms with Gasteiger partial charge in [0.15, 0.2) is 0 Å². The van der Waals surface area contributed by atoms with E-state index in [0.717, 1.165) is 31.4 Å². The zero-order valence-corrected chi connectivity index (χ0v) is 18.1. The smallest absolute Gasteiger partial charge is 0.287 e. The first kappa shape index (κ1) is 23.0. The van der Waals surface area contributed by atoms with Crippen LogP contribution in [0.4, 0.5) is 20.2 Å². The number of halogens is 4. The summed E-state index contributed by atoms with van der Waals surface area (Å²) in [7, 11) is 0. The summed E-state index contributed by atoms with van der Waals surface area (Å²) in [6.07, 6.45) is 4.86. The predicted molar refractivity (Wildman–Crippen MR) is 121 cm³/mol. The minimum atomic E-state index is -0.339. The Bertz CT molecular complexity index is 1030. The van der Waals surface area contributed by atoms with Gasteiger partial charge in [0, 0.05) is 17.4 Å². The molecule has 1 heterocycles. The maximum atomic E-state index is 12.9. The molecule has 1 saturated carbocycles. The Morgan fingerprint density at radius 1 is 0.935 bits per heavy atom. The Labute approximate surface area is 188 Å². The molecular weight excluding hydrogens is 445 g/mol. The van der Waals surface area contributed by atoms with E-state index in [0.29, 0.717) is 11.7 Å². The highest BCUT2D eigenvalue weighted by Gasteiger charge is 2.24. The van der Waals surface area contributed by atoms with Gasteiger partial charge < -0.3 is 11.1 Å². The number of rotatable bonds is 3. The molecule has 0 unspecified atom stereocenters. The first-order chi connectivity index (χ1) is 14.8. The molecule has 0 atom stereocenters.